The first-order valence-electron chi connectivity index (χ1n) is 21.4. The van der Waals surface area contributed by atoms with Gasteiger partial charge in [0.15, 0.2) is 5.65 Å². The van der Waals surface area contributed by atoms with Crippen molar-refractivity contribution < 1.29 is 0 Å². The largest absolute Gasteiger partial charge is 0.291 e. The summed E-state index contributed by atoms with van der Waals surface area (Å²) in [6, 6.07) is 76.1. The fourth-order valence-corrected chi connectivity index (χ4v) is 12.5. The minimum atomic E-state index is 1.01. The molecule has 10 aromatic carbocycles. The molecule has 0 radical (unpaired) electrons. The SMILES string of the molecule is c1ccc2c(c1)ccc1c2ccc2c1nc1c3sc4ccccc4c3cc(-c3ccc(-c4ccc(-c5ccc(-c6ccc7c(c6)sc6ccccc67)cc5)c5ccccc45)cc3)n21. The molecule has 0 bridgehead atoms. The van der Waals surface area contributed by atoms with Crippen molar-refractivity contribution in [2.45, 2.75) is 0 Å². The summed E-state index contributed by atoms with van der Waals surface area (Å²) < 4.78 is 7.56. The van der Waals surface area contributed by atoms with Crippen molar-refractivity contribution in [1.29, 1.82) is 0 Å². The molecule has 0 spiro atoms. The lowest BCUT2D eigenvalue weighted by Crippen LogP contribution is -1.93. The molecule has 292 valence electrons. The minimum absolute atomic E-state index is 1.01. The maximum Gasteiger partial charge on any atom is 0.156 e. The van der Waals surface area contributed by atoms with Crippen molar-refractivity contribution in [3.8, 4) is 44.6 Å². The molecule has 0 aliphatic heterocycles. The Hall–Kier alpha value is -7.63. The van der Waals surface area contributed by atoms with E-state index in [2.05, 4.69) is 211 Å². The van der Waals surface area contributed by atoms with Crippen LogP contribution in [0.25, 0.3) is 134 Å². The van der Waals surface area contributed by atoms with Crippen LogP contribution in [0.1, 0.15) is 0 Å². The molecule has 4 heterocycles. The second kappa shape index (κ2) is 13.4. The molecule has 0 aliphatic carbocycles. The molecule has 0 aliphatic rings. The van der Waals surface area contributed by atoms with E-state index in [0.717, 1.165) is 27.9 Å². The van der Waals surface area contributed by atoms with E-state index in [1.165, 1.54) is 106 Å². The third-order valence-corrected chi connectivity index (χ3v) is 15.5. The number of nitrogens with zero attached hydrogens (tertiary/aromatic N) is 2. The number of rotatable bonds is 4. The van der Waals surface area contributed by atoms with Gasteiger partial charge in [-0.3, -0.25) is 4.40 Å². The van der Waals surface area contributed by atoms with Gasteiger partial charge in [-0.15, -0.1) is 22.7 Å². The summed E-state index contributed by atoms with van der Waals surface area (Å²) in [7, 11) is 0. The third-order valence-electron chi connectivity index (χ3n) is 13.2. The fraction of sp³-hybridized carbons (Fsp3) is 0. The first-order chi connectivity index (χ1) is 31.2. The van der Waals surface area contributed by atoms with E-state index in [-0.39, 0.29) is 0 Å². The van der Waals surface area contributed by atoms with Gasteiger partial charge in [-0.05, 0) is 96.2 Å². The van der Waals surface area contributed by atoms with Gasteiger partial charge >= 0.3 is 0 Å². The van der Waals surface area contributed by atoms with E-state index in [1.54, 1.807) is 0 Å². The summed E-state index contributed by atoms with van der Waals surface area (Å²) in [5, 5.41) is 12.6. The topological polar surface area (TPSA) is 17.3 Å². The molecular formula is C59H34N2S2. The molecule has 0 unspecified atom stereocenters. The van der Waals surface area contributed by atoms with E-state index >= 15 is 0 Å². The average Bonchev–Trinajstić information content (AvgIpc) is 4.05. The molecule has 0 amide bonds. The van der Waals surface area contributed by atoms with Crippen molar-refractivity contribution in [3.05, 3.63) is 206 Å². The summed E-state index contributed by atoms with van der Waals surface area (Å²) in [5.74, 6) is 0. The Morgan fingerprint density at radius 1 is 0.333 bits per heavy atom. The number of hydrogen-bond acceptors (Lipinski definition) is 3. The van der Waals surface area contributed by atoms with Crippen molar-refractivity contribution >= 4 is 112 Å². The van der Waals surface area contributed by atoms with Crippen molar-refractivity contribution in [1.82, 2.24) is 9.38 Å². The molecule has 0 saturated heterocycles. The van der Waals surface area contributed by atoms with E-state index in [0.29, 0.717) is 0 Å². The van der Waals surface area contributed by atoms with Gasteiger partial charge in [0.1, 0.15) is 0 Å². The van der Waals surface area contributed by atoms with Gasteiger partial charge in [-0.1, -0.05) is 176 Å². The quantitative estimate of drug-likeness (QED) is 0.161. The van der Waals surface area contributed by atoms with Gasteiger partial charge in [0.25, 0.3) is 0 Å². The van der Waals surface area contributed by atoms with Crippen LogP contribution in [0.15, 0.2) is 206 Å². The average molecular weight is 835 g/mol. The molecule has 4 heteroatoms. The van der Waals surface area contributed by atoms with Crippen LogP contribution in [-0.4, -0.2) is 9.38 Å². The number of aromatic nitrogens is 2. The lowest BCUT2D eigenvalue weighted by Gasteiger charge is -2.14. The number of pyridine rings is 1. The standard InChI is InChI=1S/C59H34N2S2/c1-2-10-41-36(9-1)25-28-50-46(41)31-32-52-57(50)60-59-58-51(48-14-6-8-16-55(48)63-58)34-53(61(52)59)39-23-21-38(22-24-39)43-30-29-42(44-11-3-4-12-45(43)44)37-19-17-35(18-20-37)40-26-27-49-47-13-5-7-15-54(47)62-56(49)33-40/h1-34H. The summed E-state index contributed by atoms with van der Waals surface area (Å²) in [6.07, 6.45) is 0. The van der Waals surface area contributed by atoms with Crippen LogP contribution in [0.2, 0.25) is 0 Å². The molecular weight excluding hydrogens is 801 g/mol. The van der Waals surface area contributed by atoms with Crippen molar-refractivity contribution in [3.63, 3.8) is 0 Å². The highest BCUT2D eigenvalue weighted by atomic mass is 32.1. The molecule has 14 rings (SSSR count). The zero-order chi connectivity index (χ0) is 41.2. The van der Waals surface area contributed by atoms with E-state index in [4.69, 9.17) is 4.98 Å². The van der Waals surface area contributed by atoms with Crippen LogP contribution >= 0.6 is 22.7 Å². The third kappa shape index (κ3) is 5.26. The minimum Gasteiger partial charge on any atom is -0.291 e. The highest BCUT2D eigenvalue weighted by Crippen LogP contribution is 2.43. The predicted octanol–water partition coefficient (Wildman–Crippen LogP) is 17.4. The highest BCUT2D eigenvalue weighted by Gasteiger charge is 2.20. The van der Waals surface area contributed by atoms with Gasteiger partial charge in [0, 0.05) is 41.0 Å². The highest BCUT2D eigenvalue weighted by molar-refractivity contribution is 7.26. The Morgan fingerprint density at radius 2 is 0.873 bits per heavy atom. The monoisotopic (exact) mass is 834 g/mol. The maximum absolute atomic E-state index is 5.50. The first kappa shape index (κ1) is 35.0. The molecule has 0 saturated carbocycles. The van der Waals surface area contributed by atoms with Crippen LogP contribution in [-0.2, 0) is 0 Å². The van der Waals surface area contributed by atoms with Gasteiger partial charge in [0.05, 0.1) is 21.4 Å². The zero-order valence-corrected chi connectivity index (χ0v) is 35.5. The van der Waals surface area contributed by atoms with Gasteiger partial charge in [-0.2, -0.15) is 0 Å². The van der Waals surface area contributed by atoms with Crippen molar-refractivity contribution in [2.75, 3.05) is 0 Å². The van der Waals surface area contributed by atoms with E-state index in [1.807, 2.05) is 22.7 Å². The lowest BCUT2D eigenvalue weighted by atomic mass is 9.91. The van der Waals surface area contributed by atoms with Crippen LogP contribution in [0.5, 0.6) is 0 Å². The molecule has 2 nitrogen and oxygen atoms in total. The second-order valence-electron chi connectivity index (χ2n) is 16.6. The summed E-state index contributed by atoms with van der Waals surface area (Å²) in [6.45, 7) is 0. The lowest BCUT2D eigenvalue weighted by molar-refractivity contribution is 1.25. The van der Waals surface area contributed by atoms with Gasteiger partial charge in [0.2, 0.25) is 0 Å². The predicted molar refractivity (Wildman–Crippen MR) is 273 cm³/mol. The zero-order valence-electron chi connectivity index (χ0n) is 33.8. The summed E-state index contributed by atoms with van der Waals surface area (Å²) >= 11 is 3.71. The van der Waals surface area contributed by atoms with Gasteiger partial charge < -0.3 is 0 Å². The Labute approximate surface area is 370 Å². The number of benzene rings is 10. The van der Waals surface area contributed by atoms with Crippen LogP contribution in [0.4, 0.5) is 0 Å². The normalized spacial score (nSPS) is 12.1. The Kier molecular flexibility index (Phi) is 7.47. The molecule has 4 aromatic heterocycles. The molecule has 0 atom stereocenters. The van der Waals surface area contributed by atoms with Gasteiger partial charge in [-0.25, -0.2) is 4.98 Å². The van der Waals surface area contributed by atoms with Crippen LogP contribution in [0.3, 0.4) is 0 Å². The maximum atomic E-state index is 5.50. The Balaban J connectivity index is 0.869. The summed E-state index contributed by atoms with van der Waals surface area (Å²) in [4.78, 5) is 5.50. The van der Waals surface area contributed by atoms with E-state index < -0.39 is 0 Å². The van der Waals surface area contributed by atoms with Crippen molar-refractivity contribution in [2.24, 2.45) is 0 Å². The van der Waals surface area contributed by atoms with Crippen LogP contribution < -0.4 is 0 Å². The second-order valence-corrected chi connectivity index (χ2v) is 18.8. The molecule has 0 fully saturated rings. The number of fused-ring (bicyclic) bond motifs is 15. The fourth-order valence-electron chi connectivity index (χ4n) is 10.2. The number of hydrogen-bond donors (Lipinski definition) is 0. The molecule has 63 heavy (non-hydrogen) atoms. The first-order valence-corrected chi connectivity index (χ1v) is 23.1. The molecule has 0 N–H and O–H groups in total. The summed E-state index contributed by atoms with van der Waals surface area (Å²) in [5.41, 5.74) is 12.8. The van der Waals surface area contributed by atoms with E-state index in [9.17, 15) is 0 Å². The van der Waals surface area contributed by atoms with Crippen LogP contribution in [0, 0.1) is 0 Å². The Morgan fingerprint density at radius 3 is 1.60 bits per heavy atom. The Bertz CT molecular complexity index is 4190. The number of imidazole rings is 1. The smallest absolute Gasteiger partial charge is 0.156 e. The number of thiophene rings is 2. The molecule has 14 aromatic rings.